The van der Waals surface area contributed by atoms with Gasteiger partial charge in [0.1, 0.15) is 0 Å². The molecule has 1 amide bonds. The second-order valence-electron chi connectivity index (χ2n) is 6.62. The molecule has 3 heterocycles. The number of H-pyrrole nitrogens is 1. The molecule has 0 bridgehead atoms. The summed E-state index contributed by atoms with van der Waals surface area (Å²) >= 11 is 0. The molecule has 24 heavy (non-hydrogen) atoms. The normalized spacial score (nSPS) is 21.7. The van der Waals surface area contributed by atoms with E-state index in [0.717, 1.165) is 29.5 Å². The number of amides is 1. The lowest BCUT2D eigenvalue weighted by molar-refractivity contribution is -0.0272. The molecule has 0 aliphatic carbocycles. The van der Waals surface area contributed by atoms with Crippen molar-refractivity contribution in [3.05, 3.63) is 45.9 Å². The minimum absolute atomic E-state index is 0.0465. The minimum atomic E-state index is -0.848. The molecule has 0 spiro atoms. The maximum Gasteiger partial charge on any atom is 0.407 e. The number of carboxylic acid groups (broad SMARTS) is 1. The Bertz CT molecular complexity index is 837. The maximum absolute atomic E-state index is 12.3. The molecule has 4 rings (SSSR count). The number of likely N-dealkylation sites (tertiary alicyclic amines) is 1. The van der Waals surface area contributed by atoms with Crippen molar-refractivity contribution in [3.8, 4) is 0 Å². The molecule has 126 valence electrons. The number of nitrogens with zero attached hydrogens (tertiary/aromatic N) is 1. The lowest BCUT2D eigenvalue weighted by atomic mass is 9.86. The molecule has 2 aliphatic rings. The Morgan fingerprint density at radius 1 is 1.21 bits per heavy atom. The molecule has 2 N–H and O–H groups in total. The molecule has 6 nitrogen and oxygen atoms in total. The van der Waals surface area contributed by atoms with Gasteiger partial charge in [0, 0.05) is 36.2 Å². The summed E-state index contributed by atoms with van der Waals surface area (Å²) < 4.78 is 6.10. The third kappa shape index (κ3) is 2.57. The van der Waals surface area contributed by atoms with Crippen LogP contribution >= 0.6 is 0 Å². The summed E-state index contributed by atoms with van der Waals surface area (Å²) in [6, 6.07) is 7.61. The van der Waals surface area contributed by atoms with E-state index in [4.69, 9.17) is 9.84 Å². The number of hydrogen-bond donors (Lipinski definition) is 2. The van der Waals surface area contributed by atoms with Crippen molar-refractivity contribution in [3.63, 3.8) is 0 Å². The molecule has 2 aliphatic heterocycles. The molecule has 0 saturated carbocycles. The van der Waals surface area contributed by atoms with Crippen LogP contribution in [0.5, 0.6) is 0 Å². The molecule has 1 saturated heterocycles. The lowest BCUT2D eigenvalue weighted by Crippen LogP contribution is -2.42. The maximum atomic E-state index is 12.3. The largest absolute Gasteiger partial charge is 0.465 e. The van der Waals surface area contributed by atoms with Crippen LogP contribution in [0.2, 0.25) is 0 Å². The first-order chi connectivity index (χ1) is 11.6. The zero-order valence-electron chi connectivity index (χ0n) is 13.3. The highest BCUT2D eigenvalue weighted by atomic mass is 16.5. The standard InChI is InChI=1S/C18H20N2O4/c21-17-13-4-2-1-3-12(13)14-10-24-16(9-15(14)19-17)11-5-7-20(8-6-11)18(22)23/h1-4,11,16H,5-10H2,(H,19,21)(H,22,23)/t16-/m0/s1. The molecular formula is C18H20N2O4. The number of aromatic amines is 1. The summed E-state index contributed by atoms with van der Waals surface area (Å²) in [4.78, 5) is 27.8. The highest BCUT2D eigenvalue weighted by Crippen LogP contribution is 2.31. The van der Waals surface area contributed by atoms with Gasteiger partial charge in [0.05, 0.1) is 12.7 Å². The lowest BCUT2D eigenvalue weighted by Gasteiger charge is -2.37. The number of ether oxygens (including phenoxy) is 1. The molecule has 0 radical (unpaired) electrons. The van der Waals surface area contributed by atoms with E-state index in [1.807, 2.05) is 24.3 Å². The molecule has 6 heteroatoms. The third-order valence-electron chi connectivity index (χ3n) is 5.31. The van der Waals surface area contributed by atoms with E-state index in [1.54, 1.807) is 0 Å². The number of nitrogens with one attached hydrogen (secondary N) is 1. The fourth-order valence-electron chi connectivity index (χ4n) is 3.94. The van der Waals surface area contributed by atoms with E-state index in [9.17, 15) is 9.59 Å². The van der Waals surface area contributed by atoms with Crippen molar-refractivity contribution >= 4 is 16.9 Å². The Hall–Kier alpha value is -2.34. The predicted octanol–water partition coefficient (Wildman–Crippen LogP) is 2.36. The van der Waals surface area contributed by atoms with Gasteiger partial charge in [0.2, 0.25) is 0 Å². The molecule has 2 aromatic rings. The monoisotopic (exact) mass is 328 g/mol. The van der Waals surface area contributed by atoms with Crippen LogP contribution in [0.25, 0.3) is 10.8 Å². The number of carbonyl (C=O) groups is 1. The number of hydrogen-bond acceptors (Lipinski definition) is 3. The van der Waals surface area contributed by atoms with Crippen LogP contribution in [-0.2, 0) is 17.8 Å². The van der Waals surface area contributed by atoms with E-state index < -0.39 is 6.09 Å². The van der Waals surface area contributed by atoms with Crippen molar-refractivity contribution < 1.29 is 14.6 Å². The Kier molecular flexibility index (Phi) is 3.76. The van der Waals surface area contributed by atoms with Crippen LogP contribution in [0.1, 0.15) is 24.1 Å². The topological polar surface area (TPSA) is 82.6 Å². The van der Waals surface area contributed by atoms with Crippen molar-refractivity contribution in [2.45, 2.75) is 32.0 Å². The number of benzene rings is 1. The predicted molar refractivity (Wildman–Crippen MR) is 89.2 cm³/mol. The minimum Gasteiger partial charge on any atom is -0.465 e. The van der Waals surface area contributed by atoms with Crippen molar-refractivity contribution in [1.82, 2.24) is 9.88 Å². The van der Waals surface area contributed by atoms with Gasteiger partial charge in [-0.2, -0.15) is 0 Å². The quantitative estimate of drug-likeness (QED) is 0.842. The zero-order valence-corrected chi connectivity index (χ0v) is 13.3. The third-order valence-corrected chi connectivity index (χ3v) is 5.31. The van der Waals surface area contributed by atoms with Gasteiger partial charge < -0.3 is 19.7 Å². The van der Waals surface area contributed by atoms with Gasteiger partial charge in [-0.25, -0.2) is 4.79 Å². The first-order valence-electron chi connectivity index (χ1n) is 8.35. The number of pyridine rings is 1. The highest BCUT2D eigenvalue weighted by Gasteiger charge is 2.32. The summed E-state index contributed by atoms with van der Waals surface area (Å²) in [6.07, 6.45) is 1.51. The summed E-state index contributed by atoms with van der Waals surface area (Å²) in [5.74, 6) is 0.337. The van der Waals surface area contributed by atoms with Crippen LogP contribution in [0, 0.1) is 5.92 Å². The van der Waals surface area contributed by atoms with Crippen LogP contribution in [0.15, 0.2) is 29.1 Å². The summed E-state index contributed by atoms with van der Waals surface area (Å²) in [6.45, 7) is 1.61. The smallest absolute Gasteiger partial charge is 0.407 e. The van der Waals surface area contributed by atoms with Gasteiger partial charge in [-0.3, -0.25) is 4.79 Å². The summed E-state index contributed by atoms with van der Waals surface area (Å²) in [5, 5.41) is 10.7. The zero-order chi connectivity index (χ0) is 16.7. The van der Waals surface area contributed by atoms with E-state index in [0.29, 0.717) is 37.4 Å². The van der Waals surface area contributed by atoms with Crippen molar-refractivity contribution in [2.24, 2.45) is 5.92 Å². The highest BCUT2D eigenvalue weighted by molar-refractivity contribution is 5.85. The summed E-state index contributed by atoms with van der Waals surface area (Å²) in [5.41, 5.74) is 1.99. The Morgan fingerprint density at radius 3 is 2.62 bits per heavy atom. The first kappa shape index (κ1) is 15.2. The molecule has 1 aromatic carbocycles. The van der Waals surface area contributed by atoms with E-state index in [-0.39, 0.29) is 11.7 Å². The second-order valence-corrected chi connectivity index (χ2v) is 6.62. The number of piperidine rings is 1. The average Bonchev–Trinajstić information content (AvgIpc) is 2.61. The average molecular weight is 328 g/mol. The Balaban J connectivity index is 1.57. The number of rotatable bonds is 1. The van der Waals surface area contributed by atoms with E-state index in [1.165, 1.54) is 4.90 Å². The number of aromatic nitrogens is 1. The summed E-state index contributed by atoms with van der Waals surface area (Å²) in [7, 11) is 0. The van der Waals surface area contributed by atoms with Crippen LogP contribution in [0.3, 0.4) is 0 Å². The Morgan fingerprint density at radius 2 is 1.92 bits per heavy atom. The van der Waals surface area contributed by atoms with E-state index >= 15 is 0 Å². The number of fused-ring (bicyclic) bond motifs is 3. The Labute approximate surface area is 139 Å². The van der Waals surface area contributed by atoms with Gasteiger partial charge in [-0.15, -0.1) is 0 Å². The van der Waals surface area contributed by atoms with Crippen LogP contribution in [-0.4, -0.2) is 40.3 Å². The van der Waals surface area contributed by atoms with Gasteiger partial charge in [-0.1, -0.05) is 18.2 Å². The molecule has 1 atom stereocenters. The van der Waals surface area contributed by atoms with Crippen molar-refractivity contribution in [1.29, 1.82) is 0 Å². The van der Waals surface area contributed by atoms with Crippen LogP contribution in [0.4, 0.5) is 4.79 Å². The van der Waals surface area contributed by atoms with Gasteiger partial charge in [0.15, 0.2) is 0 Å². The molecule has 0 unspecified atom stereocenters. The van der Waals surface area contributed by atoms with Gasteiger partial charge in [0.25, 0.3) is 5.56 Å². The van der Waals surface area contributed by atoms with E-state index in [2.05, 4.69) is 4.98 Å². The van der Waals surface area contributed by atoms with Gasteiger partial charge >= 0.3 is 6.09 Å². The molecule has 1 aromatic heterocycles. The first-order valence-corrected chi connectivity index (χ1v) is 8.35. The SMILES string of the molecule is O=C(O)N1CCC([C@@H]2Cc3[nH]c(=O)c4ccccc4c3CO2)CC1. The molecular weight excluding hydrogens is 308 g/mol. The molecule has 1 fully saturated rings. The van der Waals surface area contributed by atoms with Gasteiger partial charge in [-0.05, 0) is 30.2 Å². The second kappa shape index (κ2) is 5.94. The fraction of sp³-hybridized carbons (Fsp3) is 0.444. The fourth-order valence-corrected chi connectivity index (χ4v) is 3.94. The van der Waals surface area contributed by atoms with Crippen molar-refractivity contribution in [2.75, 3.05) is 13.1 Å². The van der Waals surface area contributed by atoms with Crippen LogP contribution < -0.4 is 5.56 Å².